The highest BCUT2D eigenvalue weighted by molar-refractivity contribution is 7.54. The van der Waals surface area contributed by atoms with Gasteiger partial charge in [-0.3, -0.25) is 4.57 Å². The topological polar surface area (TPSA) is 65.0 Å². The number of aliphatic hydroxyl groups excluding tert-OH is 1. The van der Waals surface area contributed by atoms with E-state index in [-0.39, 0.29) is 25.0 Å². The lowest BCUT2D eigenvalue weighted by Gasteiger charge is -2.25. The van der Waals surface area contributed by atoms with E-state index in [9.17, 15) is 9.67 Å². The van der Waals surface area contributed by atoms with Crippen LogP contribution in [0.4, 0.5) is 0 Å². The summed E-state index contributed by atoms with van der Waals surface area (Å²) < 4.78 is 29.0. The molecule has 1 aromatic rings. The summed E-state index contributed by atoms with van der Waals surface area (Å²) in [7, 11) is -2.09. The van der Waals surface area contributed by atoms with E-state index in [1.165, 1.54) is 0 Å². The third-order valence-corrected chi connectivity index (χ3v) is 4.80. The van der Waals surface area contributed by atoms with Gasteiger partial charge in [0.1, 0.15) is 5.75 Å². The van der Waals surface area contributed by atoms with Crippen LogP contribution < -0.4 is 4.74 Å². The zero-order valence-corrected chi connectivity index (χ0v) is 14.9. The van der Waals surface area contributed by atoms with E-state index < -0.39 is 13.4 Å². The molecule has 0 bridgehead atoms. The van der Waals surface area contributed by atoms with Crippen molar-refractivity contribution in [1.29, 1.82) is 0 Å². The first-order valence-corrected chi connectivity index (χ1v) is 9.10. The number of methoxy groups -OCH3 is 1. The van der Waals surface area contributed by atoms with E-state index >= 15 is 0 Å². The van der Waals surface area contributed by atoms with E-state index in [0.717, 1.165) is 0 Å². The lowest BCUT2D eigenvalue weighted by molar-refractivity contribution is 0.124. The molecule has 1 unspecified atom stereocenters. The van der Waals surface area contributed by atoms with Gasteiger partial charge in [-0.25, -0.2) is 0 Å². The molecule has 0 aliphatic rings. The molecule has 1 rings (SSSR count). The van der Waals surface area contributed by atoms with Crippen LogP contribution in [0.15, 0.2) is 24.3 Å². The minimum Gasteiger partial charge on any atom is -0.497 e. The number of rotatable bonds is 9. The summed E-state index contributed by atoms with van der Waals surface area (Å²) in [5.41, 5.74) is 0.483. The van der Waals surface area contributed by atoms with Crippen molar-refractivity contribution in [2.24, 2.45) is 11.8 Å². The Morgan fingerprint density at radius 3 is 1.82 bits per heavy atom. The van der Waals surface area contributed by atoms with Gasteiger partial charge in [0.25, 0.3) is 0 Å². The molecule has 6 heteroatoms. The van der Waals surface area contributed by atoms with Gasteiger partial charge < -0.3 is 18.9 Å². The second-order valence-electron chi connectivity index (χ2n) is 6.07. The Morgan fingerprint density at radius 2 is 1.45 bits per heavy atom. The summed E-state index contributed by atoms with van der Waals surface area (Å²) in [5.74, 6) is -0.258. The van der Waals surface area contributed by atoms with E-state index in [2.05, 4.69) is 0 Å². The van der Waals surface area contributed by atoms with Crippen LogP contribution in [0.1, 0.15) is 39.1 Å². The van der Waals surface area contributed by atoms with Crippen molar-refractivity contribution < 1.29 is 23.5 Å². The molecule has 0 fully saturated rings. The molecule has 0 saturated carbocycles. The molecule has 0 aromatic heterocycles. The van der Waals surface area contributed by atoms with Gasteiger partial charge in [0.15, 0.2) is 5.85 Å². The molecule has 0 heterocycles. The van der Waals surface area contributed by atoms with Crippen molar-refractivity contribution in [2.45, 2.75) is 33.5 Å². The molecule has 0 radical (unpaired) electrons. The standard InChI is InChI=1S/C16H27O5P/c1-12(2)10-20-22(18,21-11-13(3)4)16(17)14-6-8-15(19-5)9-7-14/h6-9,12-13,16-17H,10-11H2,1-5H3. The summed E-state index contributed by atoms with van der Waals surface area (Å²) in [4.78, 5) is 0. The summed E-state index contributed by atoms with van der Waals surface area (Å²) in [6.45, 7) is 8.34. The highest BCUT2D eigenvalue weighted by Crippen LogP contribution is 2.60. The lowest BCUT2D eigenvalue weighted by Crippen LogP contribution is -2.11. The maximum absolute atomic E-state index is 13.0. The van der Waals surface area contributed by atoms with Gasteiger partial charge in [-0.15, -0.1) is 0 Å². The van der Waals surface area contributed by atoms with E-state index in [1.807, 2.05) is 27.7 Å². The second kappa shape index (κ2) is 8.68. The molecular weight excluding hydrogens is 303 g/mol. The number of benzene rings is 1. The molecule has 22 heavy (non-hydrogen) atoms. The summed E-state index contributed by atoms with van der Waals surface area (Å²) in [5, 5.41) is 10.5. The molecule has 0 amide bonds. The molecular formula is C16H27O5P. The van der Waals surface area contributed by atoms with Crippen LogP contribution in [0.3, 0.4) is 0 Å². The van der Waals surface area contributed by atoms with Crippen LogP contribution in [-0.4, -0.2) is 25.4 Å². The fourth-order valence-corrected chi connectivity index (χ4v) is 3.55. The van der Waals surface area contributed by atoms with Gasteiger partial charge in [0.2, 0.25) is 0 Å². The fourth-order valence-electron chi connectivity index (χ4n) is 1.64. The van der Waals surface area contributed by atoms with Crippen LogP contribution in [0.2, 0.25) is 0 Å². The Kier molecular flexibility index (Phi) is 7.57. The first kappa shape index (κ1) is 19.2. The molecule has 0 aliphatic heterocycles. The zero-order chi connectivity index (χ0) is 16.8. The van der Waals surface area contributed by atoms with Crippen molar-refractivity contribution in [3.8, 4) is 5.75 Å². The van der Waals surface area contributed by atoms with Gasteiger partial charge in [-0.1, -0.05) is 39.8 Å². The molecule has 5 nitrogen and oxygen atoms in total. The van der Waals surface area contributed by atoms with Gasteiger partial charge in [-0.05, 0) is 29.5 Å². The van der Waals surface area contributed by atoms with Crippen LogP contribution in [0.5, 0.6) is 5.75 Å². The second-order valence-corrected chi connectivity index (χ2v) is 8.15. The van der Waals surface area contributed by atoms with Gasteiger partial charge in [-0.2, -0.15) is 0 Å². The molecule has 1 atom stereocenters. The van der Waals surface area contributed by atoms with Crippen molar-refractivity contribution in [3.63, 3.8) is 0 Å². The predicted octanol–water partition coefficient (Wildman–Crippen LogP) is 4.22. The molecule has 1 N–H and O–H groups in total. The summed E-state index contributed by atoms with van der Waals surface area (Å²) in [6, 6.07) is 6.73. The summed E-state index contributed by atoms with van der Waals surface area (Å²) >= 11 is 0. The molecule has 0 aliphatic carbocycles. The van der Waals surface area contributed by atoms with Crippen molar-refractivity contribution in [1.82, 2.24) is 0 Å². The number of ether oxygens (including phenoxy) is 1. The predicted molar refractivity (Wildman–Crippen MR) is 87.1 cm³/mol. The summed E-state index contributed by atoms with van der Waals surface area (Å²) in [6.07, 6.45) is 0. The van der Waals surface area contributed by atoms with Crippen molar-refractivity contribution in [3.05, 3.63) is 29.8 Å². The maximum atomic E-state index is 13.0. The lowest BCUT2D eigenvalue weighted by atomic mass is 10.2. The largest absolute Gasteiger partial charge is 0.497 e. The Balaban J connectivity index is 2.93. The maximum Gasteiger partial charge on any atom is 0.363 e. The Hall–Kier alpha value is -0.870. The third-order valence-electron chi connectivity index (χ3n) is 2.89. The zero-order valence-electron chi connectivity index (χ0n) is 14.0. The number of hydrogen-bond donors (Lipinski definition) is 1. The minimum atomic E-state index is -3.65. The van der Waals surface area contributed by atoms with Gasteiger partial charge >= 0.3 is 7.60 Å². The van der Waals surface area contributed by atoms with E-state index in [1.54, 1.807) is 31.4 Å². The quantitative estimate of drug-likeness (QED) is 0.687. The normalized spacial score (nSPS) is 13.6. The SMILES string of the molecule is COc1ccc(C(O)P(=O)(OCC(C)C)OCC(C)C)cc1. The Labute approximate surface area is 133 Å². The Morgan fingerprint density at radius 1 is 1.00 bits per heavy atom. The van der Waals surface area contributed by atoms with Crippen molar-refractivity contribution >= 4 is 7.60 Å². The molecule has 0 spiro atoms. The average Bonchev–Trinajstić information content (AvgIpc) is 2.50. The molecule has 1 aromatic carbocycles. The molecule has 0 saturated heterocycles. The highest BCUT2D eigenvalue weighted by atomic mass is 31.2. The monoisotopic (exact) mass is 330 g/mol. The van der Waals surface area contributed by atoms with E-state index in [4.69, 9.17) is 13.8 Å². The Bertz CT molecular complexity index is 468. The highest BCUT2D eigenvalue weighted by Gasteiger charge is 2.36. The van der Waals surface area contributed by atoms with Crippen LogP contribution in [0, 0.1) is 11.8 Å². The fraction of sp³-hybridized carbons (Fsp3) is 0.625. The first-order valence-electron chi connectivity index (χ1n) is 7.49. The first-order chi connectivity index (χ1) is 10.3. The van der Waals surface area contributed by atoms with Gasteiger partial charge in [0.05, 0.1) is 20.3 Å². The van der Waals surface area contributed by atoms with Gasteiger partial charge in [0, 0.05) is 0 Å². The van der Waals surface area contributed by atoms with Crippen LogP contribution in [-0.2, 0) is 13.6 Å². The van der Waals surface area contributed by atoms with Crippen LogP contribution in [0.25, 0.3) is 0 Å². The smallest absolute Gasteiger partial charge is 0.363 e. The molecule has 126 valence electrons. The third kappa shape index (κ3) is 5.73. The number of aliphatic hydroxyl groups is 1. The van der Waals surface area contributed by atoms with Crippen molar-refractivity contribution in [2.75, 3.05) is 20.3 Å². The van der Waals surface area contributed by atoms with E-state index in [0.29, 0.717) is 11.3 Å². The average molecular weight is 330 g/mol. The van der Waals surface area contributed by atoms with Crippen LogP contribution >= 0.6 is 7.60 Å². The minimum absolute atomic E-state index is 0.194. The number of hydrogen-bond acceptors (Lipinski definition) is 5.